The van der Waals surface area contributed by atoms with Crippen molar-refractivity contribution in [2.45, 2.75) is 5.75 Å². The summed E-state index contributed by atoms with van der Waals surface area (Å²) in [5.41, 5.74) is 2.05. The van der Waals surface area contributed by atoms with Crippen LogP contribution in [0.25, 0.3) is 0 Å². The Morgan fingerprint density at radius 3 is 2.29 bits per heavy atom. The first-order valence-electron chi connectivity index (χ1n) is 5.30. The molecule has 3 heteroatoms. The van der Waals surface area contributed by atoms with Crippen LogP contribution in [0.4, 0.5) is 0 Å². The van der Waals surface area contributed by atoms with Gasteiger partial charge in [0.2, 0.25) is 0 Å². The molecule has 2 aromatic carbocycles. The molecule has 0 amide bonds. The number of thioether (sulfide) groups is 1. The average Bonchev–Trinajstić information content (AvgIpc) is 2.38. The van der Waals surface area contributed by atoms with Crippen LogP contribution >= 0.6 is 11.8 Å². The number of rotatable bonds is 3. The van der Waals surface area contributed by atoms with E-state index in [1.807, 2.05) is 18.2 Å². The predicted octanol–water partition coefficient (Wildman–Crippen LogP) is 3.65. The summed E-state index contributed by atoms with van der Waals surface area (Å²) in [5, 5.41) is 17.6. The Bertz CT molecular complexity index is 493. The summed E-state index contributed by atoms with van der Waals surface area (Å²) in [6, 6.07) is 16.8. The van der Waals surface area contributed by atoms with Gasteiger partial charge < -0.3 is 5.11 Å². The SMILES string of the molecule is N=C(SCc1ccccc1)c1ccc(O)cc1. The molecule has 0 unspecified atom stereocenters. The van der Waals surface area contributed by atoms with Crippen molar-refractivity contribution in [2.75, 3.05) is 0 Å². The topological polar surface area (TPSA) is 44.1 Å². The smallest absolute Gasteiger partial charge is 0.115 e. The molecule has 0 aromatic heterocycles. The molecule has 0 saturated heterocycles. The van der Waals surface area contributed by atoms with Crippen LogP contribution in [0.3, 0.4) is 0 Å². The zero-order chi connectivity index (χ0) is 12.1. The van der Waals surface area contributed by atoms with Gasteiger partial charge in [0.1, 0.15) is 5.75 Å². The monoisotopic (exact) mass is 243 g/mol. The highest BCUT2D eigenvalue weighted by Crippen LogP contribution is 2.19. The minimum Gasteiger partial charge on any atom is -0.508 e. The average molecular weight is 243 g/mol. The van der Waals surface area contributed by atoms with Crippen LogP contribution in [0.5, 0.6) is 5.75 Å². The highest BCUT2D eigenvalue weighted by atomic mass is 32.2. The van der Waals surface area contributed by atoms with E-state index in [-0.39, 0.29) is 5.75 Å². The molecule has 0 heterocycles. The van der Waals surface area contributed by atoms with Gasteiger partial charge in [0.05, 0.1) is 5.04 Å². The second-order valence-electron chi connectivity index (χ2n) is 3.65. The van der Waals surface area contributed by atoms with E-state index in [4.69, 9.17) is 10.5 Å². The molecule has 0 spiro atoms. The van der Waals surface area contributed by atoms with E-state index >= 15 is 0 Å². The van der Waals surface area contributed by atoms with Crippen molar-refractivity contribution in [3.8, 4) is 5.75 Å². The molecule has 2 rings (SSSR count). The van der Waals surface area contributed by atoms with Crippen molar-refractivity contribution in [3.05, 3.63) is 65.7 Å². The third kappa shape index (κ3) is 3.36. The van der Waals surface area contributed by atoms with Gasteiger partial charge in [0, 0.05) is 11.3 Å². The lowest BCUT2D eigenvalue weighted by molar-refractivity contribution is 0.475. The van der Waals surface area contributed by atoms with Gasteiger partial charge >= 0.3 is 0 Å². The maximum atomic E-state index is 9.17. The highest BCUT2D eigenvalue weighted by molar-refractivity contribution is 8.13. The Kier molecular flexibility index (Phi) is 3.83. The first-order chi connectivity index (χ1) is 8.25. The summed E-state index contributed by atoms with van der Waals surface area (Å²) >= 11 is 1.49. The molecule has 2 N–H and O–H groups in total. The zero-order valence-corrected chi connectivity index (χ0v) is 10.1. The molecule has 0 aliphatic carbocycles. The fourth-order valence-corrected chi connectivity index (χ4v) is 2.23. The lowest BCUT2D eigenvalue weighted by atomic mass is 10.2. The lowest BCUT2D eigenvalue weighted by Crippen LogP contribution is -1.93. The third-order valence-corrected chi connectivity index (χ3v) is 3.36. The number of phenolic OH excluding ortho intramolecular Hbond substituents is 1. The Balaban J connectivity index is 1.96. The molecule has 86 valence electrons. The highest BCUT2D eigenvalue weighted by Gasteiger charge is 2.02. The van der Waals surface area contributed by atoms with E-state index in [1.165, 1.54) is 17.3 Å². The molecular weight excluding hydrogens is 230 g/mol. The standard InChI is InChI=1S/C14H13NOS/c15-14(12-6-8-13(16)9-7-12)17-10-11-4-2-1-3-5-11/h1-9,15-16H,10H2. The maximum Gasteiger partial charge on any atom is 0.115 e. The fraction of sp³-hybridized carbons (Fsp3) is 0.0714. The van der Waals surface area contributed by atoms with Crippen LogP contribution in [0, 0.1) is 5.41 Å². The van der Waals surface area contributed by atoms with Gasteiger partial charge in [-0.2, -0.15) is 0 Å². The van der Waals surface area contributed by atoms with Gasteiger partial charge in [-0.05, 0) is 29.8 Å². The lowest BCUT2D eigenvalue weighted by Gasteiger charge is -2.04. The van der Waals surface area contributed by atoms with Gasteiger partial charge in [-0.3, -0.25) is 5.41 Å². The summed E-state index contributed by atoms with van der Waals surface area (Å²) in [6.07, 6.45) is 0. The second-order valence-corrected chi connectivity index (χ2v) is 4.64. The number of phenols is 1. The first-order valence-corrected chi connectivity index (χ1v) is 6.29. The Morgan fingerprint density at radius 1 is 1.00 bits per heavy atom. The van der Waals surface area contributed by atoms with Gasteiger partial charge in [-0.25, -0.2) is 0 Å². The Hall–Kier alpha value is -1.74. The Morgan fingerprint density at radius 2 is 1.65 bits per heavy atom. The van der Waals surface area contributed by atoms with Gasteiger partial charge in [-0.15, -0.1) is 11.8 Å². The van der Waals surface area contributed by atoms with E-state index < -0.39 is 0 Å². The molecular formula is C14H13NOS. The van der Waals surface area contributed by atoms with Gasteiger partial charge in [0.15, 0.2) is 0 Å². The summed E-state index contributed by atoms with van der Waals surface area (Å²) in [6.45, 7) is 0. The molecule has 0 aliphatic rings. The number of benzene rings is 2. The van der Waals surface area contributed by atoms with Crippen molar-refractivity contribution in [2.24, 2.45) is 0 Å². The van der Waals surface area contributed by atoms with Crippen molar-refractivity contribution in [3.63, 3.8) is 0 Å². The molecule has 0 bridgehead atoms. The van der Waals surface area contributed by atoms with Crippen molar-refractivity contribution in [1.82, 2.24) is 0 Å². The molecule has 0 atom stereocenters. The largest absolute Gasteiger partial charge is 0.508 e. The van der Waals surface area contributed by atoms with Crippen LogP contribution in [0.2, 0.25) is 0 Å². The summed E-state index contributed by atoms with van der Waals surface area (Å²) in [7, 11) is 0. The second kappa shape index (κ2) is 5.55. The molecule has 0 fully saturated rings. The molecule has 0 saturated carbocycles. The molecule has 2 aromatic rings. The number of aromatic hydroxyl groups is 1. The summed E-state index contributed by atoms with van der Waals surface area (Å²) < 4.78 is 0. The van der Waals surface area contributed by atoms with Crippen molar-refractivity contribution >= 4 is 16.8 Å². The molecule has 0 radical (unpaired) electrons. The maximum absolute atomic E-state index is 9.17. The van der Waals surface area contributed by atoms with E-state index in [9.17, 15) is 0 Å². The predicted molar refractivity (Wildman–Crippen MR) is 72.7 cm³/mol. The summed E-state index contributed by atoms with van der Waals surface area (Å²) in [5.74, 6) is 1.02. The number of nitrogens with one attached hydrogen (secondary N) is 1. The normalized spacial score (nSPS) is 10.1. The van der Waals surface area contributed by atoms with Gasteiger partial charge in [-0.1, -0.05) is 30.3 Å². The first kappa shape index (κ1) is 11.7. The minimum atomic E-state index is 0.231. The number of hydrogen-bond donors (Lipinski definition) is 2. The number of hydrogen-bond acceptors (Lipinski definition) is 3. The molecule has 0 aliphatic heterocycles. The summed E-state index contributed by atoms with van der Waals surface area (Å²) in [4.78, 5) is 0. The van der Waals surface area contributed by atoms with Gasteiger partial charge in [0.25, 0.3) is 0 Å². The van der Waals surface area contributed by atoms with Crippen LogP contribution in [0.15, 0.2) is 54.6 Å². The quantitative estimate of drug-likeness (QED) is 0.638. The fourth-order valence-electron chi connectivity index (χ4n) is 1.43. The zero-order valence-electron chi connectivity index (χ0n) is 9.26. The van der Waals surface area contributed by atoms with E-state index in [2.05, 4.69) is 12.1 Å². The van der Waals surface area contributed by atoms with E-state index in [0.29, 0.717) is 5.04 Å². The van der Waals surface area contributed by atoms with E-state index in [0.717, 1.165) is 11.3 Å². The van der Waals surface area contributed by atoms with Crippen molar-refractivity contribution < 1.29 is 5.11 Å². The minimum absolute atomic E-state index is 0.231. The van der Waals surface area contributed by atoms with Crippen LogP contribution < -0.4 is 0 Å². The van der Waals surface area contributed by atoms with Crippen LogP contribution in [-0.4, -0.2) is 10.2 Å². The van der Waals surface area contributed by atoms with Crippen molar-refractivity contribution in [1.29, 1.82) is 5.41 Å². The molecule has 17 heavy (non-hydrogen) atoms. The molecule has 2 nitrogen and oxygen atoms in total. The van der Waals surface area contributed by atoms with Crippen LogP contribution in [0.1, 0.15) is 11.1 Å². The van der Waals surface area contributed by atoms with Crippen LogP contribution in [-0.2, 0) is 5.75 Å². The Labute approximate surface area is 105 Å². The van der Waals surface area contributed by atoms with E-state index in [1.54, 1.807) is 24.3 Å². The third-order valence-electron chi connectivity index (χ3n) is 2.36.